The molecule has 1 fully saturated rings. The Morgan fingerprint density at radius 3 is 2.80 bits per heavy atom. The fourth-order valence-electron chi connectivity index (χ4n) is 2.48. The average molecular weight is 360 g/mol. The van der Waals surface area contributed by atoms with Gasteiger partial charge >= 0.3 is 0 Å². The van der Waals surface area contributed by atoms with Crippen molar-refractivity contribution in [2.45, 2.75) is 19.8 Å². The molecule has 1 heterocycles. The van der Waals surface area contributed by atoms with E-state index in [1.807, 2.05) is 0 Å². The molecule has 1 aliphatic rings. The number of hydrogen-bond acceptors (Lipinski definition) is 2. The minimum absolute atomic E-state index is 0.0457. The van der Waals surface area contributed by atoms with Gasteiger partial charge in [0.05, 0.1) is 5.02 Å². The van der Waals surface area contributed by atoms with Gasteiger partial charge in [0.25, 0.3) is 5.91 Å². The van der Waals surface area contributed by atoms with Crippen LogP contribution in [0.15, 0.2) is 22.7 Å². The van der Waals surface area contributed by atoms with Crippen molar-refractivity contribution in [3.8, 4) is 0 Å². The lowest BCUT2D eigenvalue weighted by molar-refractivity contribution is 0.0945. The highest BCUT2D eigenvalue weighted by Crippen LogP contribution is 2.23. The number of rotatable bonds is 5. The van der Waals surface area contributed by atoms with Crippen molar-refractivity contribution < 1.29 is 4.79 Å². The quantitative estimate of drug-likeness (QED) is 0.872. The number of carbonyl (C=O) groups excluding carboxylic acids is 1. The molecule has 0 aliphatic carbocycles. The maximum Gasteiger partial charge on any atom is 0.251 e. The number of halogens is 2. The van der Waals surface area contributed by atoms with Crippen LogP contribution in [0.5, 0.6) is 0 Å². The van der Waals surface area contributed by atoms with E-state index in [1.165, 1.54) is 25.9 Å². The number of hydrogen-bond donors (Lipinski definition) is 1. The van der Waals surface area contributed by atoms with Crippen molar-refractivity contribution in [1.82, 2.24) is 10.2 Å². The number of benzene rings is 1. The van der Waals surface area contributed by atoms with Crippen molar-refractivity contribution in [2.24, 2.45) is 5.92 Å². The molecule has 3 nitrogen and oxygen atoms in total. The highest BCUT2D eigenvalue weighted by atomic mass is 79.9. The van der Waals surface area contributed by atoms with Crippen LogP contribution in [0.4, 0.5) is 0 Å². The van der Waals surface area contributed by atoms with Gasteiger partial charge in [0, 0.05) is 23.1 Å². The largest absolute Gasteiger partial charge is 0.352 e. The minimum Gasteiger partial charge on any atom is -0.352 e. The Morgan fingerprint density at radius 2 is 2.15 bits per heavy atom. The number of carbonyl (C=O) groups is 1. The van der Waals surface area contributed by atoms with Gasteiger partial charge in [-0.3, -0.25) is 4.79 Å². The van der Waals surface area contributed by atoms with Gasteiger partial charge < -0.3 is 10.2 Å². The molecular formula is C15H20BrClN2O. The smallest absolute Gasteiger partial charge is 0.251 e. The first-order valence-corrected chi connectivity index (χ1v) is 8.19. The third-order valence-corrected chi connectivity index (χ3v) is 4.78. The summed E-state index contributed by atoms with van der Waals surface area (Å²) in [7, 11) is 0. The molecule has 1 N–H and O–H groups in total. The highest BCUT2D eigenvalue weighted by molar-refractivity contribution is 9.10. The molecule has 0 aromatic heterocycles. The second kappa shape index (κ2) is 7.43. The first-order chi connectivity index (χ1) is 9.56. The molecule has 1 aromatic carbocycles. The Balaban J connectivity index is 1.80. The summed E-state index contributed by atoms with van der Waals surface area (Å²) in [6.45, 7) is 6.33. The predicted molar refractivity (Wildman–Crippen MR) is 86.3 cm³/mol. The molecule has 20 heavy (non-hydrogen) atoms. The molecule has 1 atom stereocenters. The van der Waals surface area contributed by atoms with Crippen molar-refractivity contribution in [2.75, 3.05) is 26.2 Å². The van der Waals surface area contributed by atoms with E-state index < -0.39 is 0 Å². The van der Waals surface area contributed by atoms with Gasteiger partial charge in [-0.1, -0.05) is 18.5 Å². The SMILES string of the molecule is CC(CNC(=O)c1ccc(Cl)c(Br)c1)CN1CCCC1. The van der Waals surface area contributed by atoms with Crippen molar-refractivity contribution in [3.05, 3.63) is 33.3 Å². The van der Waals surface area contributed by atoms with E-state index in [2.05, 4.69) is 33.1 Å². The van der Waals surface area contributed by atoms with Crippen LogP contribution >= 0.6 is 27.5 Å². The number of likely N-dealkylation sites (tertiary alicyclic amines) is 1. The van der Waals surface area contributed by atoms with E-state index in [4.69, 9.17) is 11.6 Å². The number of nitrogens with zero attached hydrogens (tertiary/aromatic N) is 1. The van der Waals surface area contributed by atoms with E-state index in [9.17, 15) is 4.79 Å². The van der Waals surface area contributed by atoms with Crippen molar-refractivity contribution in [3.63, 3.8) is 0 Å². The lowest BCUT2D eigenvalue weighted by Crippen LogP contribution is -2.34. The molecule has 2 rings (SSSR count). The summed E-state index contributed by atoms with van der Waals surface area (Å²) in [6, 6.07) is 5.23. The van der Waals surface area contributed by atoms with Crippen LogP contribution in [-0.2, 0) is 0 Å². The van der Waals surface area contributed by atoms with Crippen LogP contribution in [0.25, 0.3) is 0 Å². The second-order valence-corrected chi connectivity index (χ2v) is 6.71. The highest BCUT2D eigenvalue weighted by Gasteiger charge is 2.15. The summed E-state index contributed by atoms with van der Waals surface area (Å²) in [6.07, 6.45) is 2.61. The standard InChI is InChI=1S/C15H20BrClN2O/c1-11(10-19-6-2-3-7-19)9-18-15(20)12-4-5-14(17)13(16)8-12/h4-5,8,11H,2-3,6-7,9-10H2,1H3,(H,18,20). The third-order valence-electron chi connectivity index (χ3n) is 3.56. The van der Waals surface area contributed by atoms with Crippen LogP contribution in [-0.4, -0.2) is 37.0 Å². The van der Waals surface area contributed by atoms with Gasteiger partial charge in [0.15, 0.2) is 0 Å². The van der Waals surface area contributed by atoms with Gasteiger partial charge in [-0.2, -0.15) is 0 Å². The van der Waals surface area contributed by atoms with E-state index >= 15 is 0 Å². The van der Waals surface area contributed by atoms with Crippen LogP contribution in [0.2, 0.25) is 5.02 Å². The molecule has 1 aromatic rings. The van der Waals surface area contributed by atoms with Crippen LogP contribution in [0.3, 0.4) is 0 Å². The van der Waals surface area contributed by atoms with E-state index in [-0.39, 0.29) is 5.91 Å². The summed E-state index contributed by atoms with van der Waals surface area (Å²) in [4.78, 5) is 14.5. The summed E-state index contributed by atoms with van der Waals surface area (Å²) < 4.78 is 0.747. The van der Waals surface area contributed by atoms with Crippen molar-refractivity contribution >= 4 is 33.4 Å². The molecule has 1 saturated heterocycles. The van der Waals surface area contributed by atoms with Gasteiger partial charge in [-0.25, -0.2) is 0 Å². The predicted octanol–water partition coefficient (Wildman–Crippen LogP) is 3.56. The van der Waals surface area contributed by atoms with Crippen molar-refractivity contribution in [1.29, 1.82) is 0 Å². The van der Waals surface area contributed by atoms with Gasteiger partial charge in [0.2, 0.25) is 0 Å². The Labute approximate surface area is 133 Å². The van der Waals surface area contributed by atoms with Crippen LogP contribution in [0, 0.1) is 5.92 Å². The topological polar surface area (TPSA) is 32.3 Å². The van der Waals surface area contributed by atoms with E-state index in [0.717, 1.165) is 11.0 Å². The molecule has 5 heteroatoms. The zero-order valence-electron chi connectivity index (χ0n) is 11.7. The lowest BCUT2D eigenvalue weighted by atomic mass is 10.1. The molecule has 0 bridgehead atoms. The maximum atomic E-state index is 12.1. The Kier molecular flexibility index (Phi) is 5.87. The molecule has 1 amide bonds. The fourth-order valence-corrected chi connectivity index (χ4v) is 2.97. The zero-order chi connectivity index (χ0) is 14.5. The monoisotopic (exact) mass is 358 g/mol. The van der Waals surface area contributed by atoms with E-state index in [1.54, 1.807) is 18.2 Å². The molecule has 110 valence electrons. The lowest BCUT2D eigenvalue weighted by Gasteiger charge is -2.20. The van der Waals surface area contributed by atoms with Gasteiger partial charge in [-0.15, -0.1) is 0 Å². The molecule has 0 radical (unpaired) electrons. The van der Waals surface area contributed by atoms with Gasteiger partial charge in [-0.05, 0) is 66.0 Å². The first kappa shape index (κ1) is 15.8. The third kappa shape index (κ3) is 4.47. The van der Waals surface area contributed by atoms with Gasteiger partial charge in [0.1, 0.15) is 0 Å². The zero-order valence-corrected chi connectivity index (χ0v) is 14.0. The first-order valence-electron chi connectivity index (χ1n) is 7.02. The number of amides is 1. The molecule has 0 saturated carbocycles. The summed E-state index contributed by atoms with van der Waals surface area (Å²) in [5, 5.41) is 3.60. The maximum absolute atomic E-state index is 12.1. The Bertz CT molecular complexity index is 475. The Hall–Kier alpha value is -0.580. The summed E-state index contributed by atoms with van der Waals surface area (Å²) >= 11 is 9.26. The molecular weight excluding hydrogens is 340 g/mol. The normalized spacial score (nSPS) is 17.1. The Morgan fingerprint density at radius 1 is 1.45 bits per heavy atom. The fraction of sp³-hybridized carbons (Fsp3) is 0.533. The minimum atomic E-state index is -0.0457. The molecule has 1 unspecified atom stereocenters. The molecule has 0 spiro atoms. The molecule has 1 aliphatic heterocycles. The average Bonchev–Trinajstić information content (AvgIpc) is 2.92. The van der Waals surface area contributed by atoms with Crippen LogP contribution < -0.4 is 5.32 Å². The summed E-state index contributed by atoms with van der Waals surface area (Å²) in [5.74, 6) is 0.420. The van der Waals surface area contributed by atoms with E-state index in [0.29, 0.717) is 23.0 Å². The second-order valence-electron chi connectivity index (χ2n) is 5.45. The number of nitrogens with one attached hydrogen (secondary N) is 1. The summed E-state index contributed by atoms with van der Waals surface area (Å²) in [5.41, 5.74) is 0.634. The van der Waals surface area contributed by atoms with Crippen LogP contribution in [0.1, 0.15) is 30.1 Å².